The molecule has 3 rings (SSSR count). The summed E-state index contributed by atoms with van der Waals surface area (Å²) in [6, 6.07) is 7.24. The number of benzene rings is 1. The van der Waals surface area contributed by atoms with Crippen molar-refractivity contribution < 1.29 is 14.8 Å². The number of hydrogen-bond donors (Lipinski definition) is 1. The molecule has 1 aliphatic heterocycles. The number of nitro groups is 1. The normalized spacial score (nSPS) is 15.0. The van der Waals surface area contributed by atoms with Gasteiger partial charge in [0.1, 0.15) is 11.9 Å². The monoisotopic (exact) mass is 287 g/mol. The van der Waals surface area contributed by atoms with Crippen LogP contribution in [0.5, 0.6) is 0 Å². The van der Waals surface area contributed by atoms with Crippen LogP contribution in [-0.4, -0.2) is 34.1 Å². The molecular weight excluding hydrogens is 274 g/mol. The van der Waals surface area contributed by atoms with Gasteiger partial charge in [-0.1, -0.05) is 18.2 Å². The Morgan fingerprint density at radius 2 is 2.14 bits per heavy atom. The molecule has 2 heterocycles. The van der Waals surface area contributed by atoms with E-state index in [9.17, 15) is 14.9 Å². The summed E-state index contributed by atoms with van der Waals surface area (Å²) in [6.07, 6.45) is 1.36. The fourth-order valence-corrected chi connectivity index (χ4v) is 2.71. The third-order valence-electron chi connectivity index (χ3n) is 3.66. The molecule has 1 N–H and O–H groups in total. The number of carboxylic acid groups (broad SMARTS) is 1. The molecule has 0 spiro atoms. The van der Waals surface area contributed by atoms with Crippen LogP contribution in [0.4, 0.5) is 11.4 Å². The van der Waals surface area contributed by atoms with Gasteiger partial charge in [0.05, 0.1) is 16.9 Å². The minimum atomic E-state index is -0.839. The van der Waals surface area contributed by atoms with Gasteiger partial charge in [-0.3, -0.25) is 14.9 Å². The lowest BCUT2D eigenvalue weighted by atomic mass is 9.94. The number of nitrogens with zero attached hydrogens (tertiary/aromatic N) is 3. The number of hydrogen-bond acceptors (Lipinski definition) is 5. The zero-order valence-corrected chi connectivity index (χ0v) is 11.1. The maximum Gasteiger partial charge on any atom is 0.311 e. The van der Waals surface area contributed by atoms with E-state index in [1.54, 1.807) is 12.1 Å². The Bertz CT molecular complexity index is 725. The highest BCUT2D eigenvalue weighted by Gasteiger charge is 2.34. The van der Waals surface area contributed by atoms with E-state index >= 15 is 0 Å². The molecule has 21 heavy (non-hydrogen) atoms. The largest absolute Gasteiger partial charge is 0.481 e. The average molecular weight is 287 g/mol. The van der Waals surface area contributed by atoms with E-state index in [0.29, 0.717) is 24.3 Å². The molecule has 0 radical (unpaired) electrons. The number of aliphatic carboxylic acids is 1. The topological polar surface area (TPSA) is 96.6 Å². The van der Waals surface area contributed by atoms with E-state index in [4.69, 9.17) is 5.11 Å². The maximum atomic E-state index is 11.2. The van der Waals surface area contributed by atoms with Crippen molar-refractivity contribution in [1.29, 1.82) is 0 Å². The quantitative estimate of drug-likeness (QED) is 0.683. The first-order valence-corrected chi connectivity index (χ1v) is 6.55. The lowest BCUT2D eigenvalue weighted by Crippen LogP contribution is -2.47. The van der Waals surface area contributed by atoms with E-state index in [2.05, 4.69) is 4.98 Å². The number of carboxylic acids is 1. The molecule has 1 aromatic heterocycles. The second-order valence-corrected chi connectivity index (χ2v) is 5.14. The van der Waals surface area contributed by atoms with Crippen LogP contribution in [0.2, 0.25) is 0 Å². The smallest absolute Gasteiger partial charge is 0.311 e. The third-order valence-corrected chi connectivity index (χ3v) is 3.66. The van der Waals surface area contributed by atoms with E-state index in [-0.39, 0.29) is 18.0 Å². The van der Waals surface area contributed by atoms with Crippen molar-refractivity contribution in [3.63, 3.8) is 0 Å². The molecule has 0 saturated carbocycles. The number of fused-ring (bicyclic) bond motifs is 1. The molecule has 1 fully saturated rings. The fraction of sp³-hybridized carbons (Fsp3) is 0.286. The summed E-state index contributed by atoms with van der Waals surface area (Å²) in [6.45, 7) is 1.03. The first-order chi connectivity index (χ1) is 10.1. The molecule has 2 aromatic rings. The number of aromatic nitrogens is 1. The third kappa shape index (κ3) is 2.37. The van der Waals surface area contributed by atoms with Crippen LogP contribution in [0.25, 0.3) is 10.9 Å². The summed E-state index contributed by atoms with van der Waals surface area (Å²) >= 11 is 0. The predicted molar refractivity (Wildman–Crippen MR) is 76.4 cm³/mol. The van der Waals surface area contributed by atoms with Gasteiger partial charge in [0.25, 0.3) is 0 Å². The van der Waals surface area contributed by atoms with Gasteiger partial charge in [-0.05, 0) is 6.07 Å². The molecule has 0 atom stereocenters. The van der Waals surface area contributed by atoms with Crippen LogP contribution in [0, 0.1) is 16.0 Å². The Hall–Kier alpha value is -2.70. The predicted octanol–water partition coefficient (Wildman–Crippen LogP) is 2.05. The SMILES string of the molecule is O=C(O)CC1CN(c2c([N+](=O)[O-])cnc3ccccc23)C1. The van der Waals surface area contributed by atoms with Crippen molar-refractivity contribution in [1.82, 2.24) is 4.98 Å². The summed E-state index contributed by atoms with van der Waals surface area (Å²) in [4.78, 5) is 27.4. The van der Waals surface area contributed by atoms with E-state index in [1.807, 2.05) is 17.0 Å². The van der Waals surface area contributed by atoms with Crippen LogP contribution < -0.4 is 4.90 Å². The van der Waals surface area contributed by atoms with Gasteiger partial charge >= 0.3 is 11.7 Å². The highest BCUT2D eigenvalue weighted by atomic mass is 16.6. The maximum absolute atomic E-state index is 11.2. The summed E-state index contributed by atoms with van der Waals surface area (Å²) in [5, 5.41) is 20.7. The van der Waals surface area contributed by atoms with Crippen LogP contribution >= 0.6 is 0 Å². The van der Waals surface area contributed by atoms with Crippen molar-refractivity contribution in [2.75, 3.05) is 18.0 Å². The van der Waals surface area contributed by atoms with Gasteiger partial charge < -0.3 is 10.0 Å². The number of para-hydroxylation sites is 1. The molecular formula is C14H13N3O4. The van der Waals surface area contributed by atoms with Crippen molar-refractivity contribution in [3.05, 3.63) is 40.6 Å². The average Bonchev–Trinajstić information content (AvgIpc) is 2.41. The number of carbonyl (C=O) groups is 1. The van der Waals surface area contributed by atoms with Crippen molar-refractivity contribution in [2.45, 2.75) is 6.42 Å². The molecule has 108 valence electrons. The van der Waals surface area contributed by atoms with Gasteiger partial charge in [-0.25, -0.2) is 4.98 Å². The van der Waals surface area contributed by atoms with Gasteiger partial charge in [0.15, 0.2) is 0 Å². The second-order valence-electron chi connectivity index (χ2n) is 5.14. The summed E-state index contributed by atoms with van der Waals surface area (Å²) in [5.74, 6) is -0.803. The fourth-order valence-electron chi connectivity index (χ4n) is 2.71. The number of rotatable bonds is 4. The zero-order chi connectivity index (χ0) is 15.0. The molecule has 1 saturated heterocycles. The molecule has 7 heteroatoms. The van der Waals surface area contributed by atoms with Crippen molar-refractivity contribution in [2.24, 2.45) is 5.92 Å². The van der Waals surface area contributed by atoms with E-state index < -0.39 is 10.9 Å². The minimum absolute atomic E-state index is 0.0361. The van der Waals surface area contributed by atoms with Gasteiger partial charge in [0, 0.05) is 24.4 Å². The highest BCUT2D eigenvalue weighted by Crippen LogP contribution is 2.38. The van der Waals surface area contributed by atoms with Crippen molar-refractivity contribution in [3.8, 4) is 0 Å². The van der Waals surface area contributed by atoms with E-state index in [0.717, 1.165) is 5.39 Å². The molecule has 1 aromatic carbocycles. The Balaban J connectivity index is 1.99. The summed E-state index contributed by atoms with van der Waals surface area (Å²) in [5.41, 5.74) is 1.19. The molecule has 0 aliphatic carbocycles. The highest BCUT2D eigenvalue weighted by molar-refractivity contribution is 5.96. The molecule has 0 bridgehead atoms. The molecule has 0 amide bonds. The Kier molecular flexibility index (Phi) is 3.17. The molecule has 0 unspecified atom stereocenters. The van der Waals surface area contributed by atoms with Crippen molar-refractivity contribution >= 4 is 28.2 Å². The lowest BCUT2D eigenvalue weighted by molar-refractivity contribution is -0.384. The van der Waals surface area contributed by atoms with Gasteiger partial charge in [-0.15, -0.1) is 0 Å². The van der Waals surface area contributed by atoms with Crippen LogP contribution in [0.1, 0.15) is 6.42 Å². The van der Waals surface area contributed by atoms with E-state index in [1.165, 1.54) is 6.20 Å². The minimum Gasteiger partial charge on any atom is -0.481 e. The zero-order valence-electron chi connectivity index (χ0n) is 11.1. The Morgan fingerprint density at radius 1 is 1.43 bits per heavy atom. The van der Waals surface area contributed by atoms with Crippen LogP contribution in [-0.2, 0) is 4.79 Å². The first kappa shape index (κ1) is 13.3. The second kappa shape index (κ2) is 5.01. The van der Waals surface area contributed by atoms with Gasteiger partial charge in [-0.2, -0.15) is 0 Å². The summed E-state index contributed by atoms with van der Waals surface area (Å²) in [7, 11) is 0. The van der Waals surface area contributed by atoms with Crippen LogP contribution in [0.15, 0.2) is 30.5 Å². The molecule has 7 nitrogen and oxygen atoms in total. The lowest BCUT2D eigenvalue weighted by Gasteiger charge is -2.40. The number of anilines is 1. The summed E-state index contributed by atoms with van der Waals surface area (Å²) < 4.78 is 0. The van der Waals surface area contributed by atoms with Gasteiger partial charge in [0.2, 0.25) is 0 Å². The first-order valence-electron chi connectivity index (χ1n) is 6.55. The van der Waals surface area contributed by atoms with Crippen LogP contribution in [0.3, 0.4) is 0 Å². The number of pyridine rings is 1. The Morgan fingerprint density at radius 3 is 2.81 bits per heavy atom. The Labute approximate surface area is 120 Å². The standard InChI is InChI=1S/C14H13N3O4/c18-13(19)5-9-7-16(8-9)14-10-3-1-2-4-11(10)15-6-12(14)17(20)21/h1-4,6,9H,5,7-8H2,(H,18,19). The molecule has 1 aliphatic rings.